The highest BCUT2D eigenvalue weighted by atomic mass is 32.2. The van der Waals surface area contributed by atoms with Crippen LogP contribution in [0.25, 0.3) is 0 Å². The summed E-state index contributed by atoms with van der Waals surface area (Å²) in [5.41, 5.74) is 4.10. The Morgan fingerprint density at radius 1 is 0.972 bits per heavy atom. The number of anilines is 1. The second-order valence-corrected chi connectivity index (χ2v) is 12.0. The van der Waals surface area contributed by atoms with Crippen LogP contribution in [0.4, 0.5) is 5.69 Å². The van der Waals surface area contributed by atoms with Crippen molar-refractivity contribution in [3.8, 4) is 0 Å². The third-order valence-electron chi connectivity index (χ3n) is 6.90. The Hall–Kier alpha value is -2.87. The van der Waals surface area contributed by atoms with Crippen molar-refractivity contribution in [3.05, 3.63) is 64.7 Å². The molecule has 8 heteroatoms. The van der Waals surface area contributed by atoms with Gasteiger partial charge in [-0.25, -0.2) is 8.42 Å². The minimum atomic E-state index is -3.75. The normalized spacial score (nSPS) is 15.2. The zero-order valence-electron chi connectivity index (χ0n) is 22.1. The fourth-order valence-electron chi connectivity index (χ4n) is 4.62. The van der Waals surface area contributed by atoms with E-state index in [1.165, 1.54) is 11.3 Å². The first-order valence-corrected chi connectivity index (χ1v) is 14.5. The molecule has 196 valence electrons. The largest absolute Gasteiger partial charge is 0.352 e. The highest BCUT2D eigenvalue weighted by Crippen LogP contribution is 2.25. The number of aryl methyl sites for hydroxylation is 3. The van der Waals surface area contributed by atoms with Gasteiger partial charge in [-0.3, -0.25) is 13.9 Å². The van der Waals surface area contributed by atoms with E-state index in [1.54, 1.807) is 13.0 Å². The van der Waals surface area contributed by atoms with E-state index in [-0.39, 0.29) is 25.0 Å². The van der Waals surface area contributed by atoms with Crippen molar-refractivity contribution >= 4 is 27.5 Å². The van der Waals surface area contributed by atoms with Gasteiger partial charge in [0.25, 0.3) is 0 Å². The molecule has 2 amide bonds. The lowest BCUT2D eigenvalue weighted by molar-refractivity contribution is -0.139. The van der Waals surface area contributed by atoms with E-state index in [4.69, 9.17) is 0 Å². The Balaban J connectivity index is 1.89. The maximum absolute atomic E-state index is 13.7. The molecule has 0 radical (unpaired) electrons. The quantitative estimate of drug-likeness (QED) is 0.543. The van der Waals surface area contributed by atoms with Gasteiger partial charge in [0.1, 0.15) is 12.6 Å². The molecule has 0 spiro atoms. The summed E-state index contributed by atoms with van der Waals surface area (Å²) < 4.78 is 26.7. The zero-order chi connectivity index (χ0) is 26.5. The molecule has 0 unspecified atom stereocenters. The number of rotatable bonds is 9. The second-order valence-electron chi connectivity index (χ2n) is 10.1. The summed E-state index contributed by atoms with van der Waals surface area (Å²) in [6.45, 7) is 7.24. The molecule has 1 N–H and O–H groups in total. The van der Waals surface area contributed by atoms with E-state index >= 15 is 0 Å². The van der Waals surface area contributed by atoms with Crippen LogP contribution in [0.1, 0.15) is 61.3 Å². The standard InChI is InChI=1S/C28H39N3O4S/c1-20-12-15-24(16-13-20)18-30(23(4)28(33)29-25-9-7-6-8-10-25)27(32)19-31(36(5,34)35)26-17-21(2)11-14-22(26)3/h11-17,23,25H,6-10,18-19H2,1-5H3,(H,29,33)/t23-/m0/s1. The fraction of sp³-hybridized carbons (Fsp3) is 0.500. The number of hydrogen-bond donors (Lipinski definition) is 1. The van der Waals surface area contributed by atoms with Crippen LogP contribution in [-0.4, -0.2) is 50.0 Å². The van der Waals surface area contributed by atoms with Crippen molar-refractivity contribution in [1.29, 1.82) is 0 Å². The van der Waals surface area contributed by atoms with E-state index in [1.807, 2.05) is 57.2 Å². The summed E-state index contributed by atoms with van der Waals surface area (Å²) in [6.07, 6.45) is 6.35. The van der Waals surface area contributed by atoms with E-state index in [9.17, 15) is 18.0 Å². The first-order valence-electron chi connectivity index (χ1n) is 12.7. The molecule has 1 aliphatic carbocycles. The topological polar surface area (TPSA) is 86.8 Å². The lowest BCUT2D eigenvalue weighted by atomic mass is 9.95. The first kappa shape index (κ1) is 27.7. The second kappa shape index (κ2) is 11.9. The van der Waals surface area contributed by atoms with E-state index in [0.29, 0.717) is 5.69 Å². The number of carbonyl (C=O) groups is 2. The van der Waals surface area contributed by atoms with Gasteiger partial charge in [-0.1, -0.05) is 61.2 Å². The predicted molar refractivity (Wildman–Crippen MR) is 144 cm³/mol. The van der Waals surface area contributed by atoms with Crippen LogP contribution in [0.5, 0.6) is 0 Å². The summed E-state index contributed by atoms with van der Waals surface area (Å²) in [5, 5.41) is 3.12. The van der Waals surface area contributed by atoms with Gasteiger partial charge in [0.15, 0.2) is 0 Å². The van der Waals surface area contributed by atoms with Crippen LogP contribution >= 0.6 is 0 Å². The molecule has 1 aliphatic rings. The number of sulfonamides is 1. The Kier molecular flexibility index (Phi) is 9.17. The maximum Gasteiger partial charge on any atom is 0.244 e. The van der Waals surface area contributed by atoms with Gasteiger partial charge in [0.05, 0.1) is 11.9 Å². The van der Waals surface area contributed by atoms with Crippen molar-refractivity contribution in [2.24, 2.45) is 0 Å². The lowest BCUT2D eigenvalue weighted by Crippen LogP contribution is -2.53. The number of carbonyl (C=O) groups excluding carboxylic acids is 2. The molecule has 0 aromatic heterocycles. The Morgan fingerprint density at radius 2 is 1.58 bits per heavy atom. The van der Waals surface area contributed by atoms with Gasteiger partial charge in [-0.05, 0) is 63.3 Å². The van der Waals surface area contributed by atoms with Gasteiger partial charge in [-0.15, -0.1) is 0 Å². The van der Waals surface area contributed by atoms with Crippen LogP contribution in [-0.2, 0) is 26.2 Å². The van der Waals surface area contributed by atoms with Crippen LogP contribution < -0.4 is 9.62 Å². The fourth-order valence-corrected chi connectivity index (χ4v) is 5.52. The summed E-state index contributed by atoms with van der Waals surface area (Å²) in [4.78, 5) is 28.4. The van der Waals surface area contributed by atoms with Gasteiger partial charge in [0.2, 0.25) is 21.8 Å². The molecule has 1 fully saturated rings. The molecule has 2 aromatic carbocycles. The Bertz CT molecular complexity index is 1170. The predicted octanol–water partition coefficient (Wildman–Crippen LogP) is 4.24. The first-order chi connectivity index (χ1) is 17.0. The van der Waals surface area contributed by atoms with Gasteiger partial charge in [-0.2, -0.15) is 0 Å². The summed E-state index contributed by atoms with van der Waals surface area (Å²) >= 11 is 0. The molecule has 36 heavy (non-hydrogen) atoms. The van der Waals surface area contributed by atoms with Crippen LogP contribution in [0.3, 0.4) is 0 Å². The number of nitrogens with one attached hydrogen (secondary N) is 1. The number of amides is 2. The minimum Gasteiger partial charge on any atom is -0.352 e. The zero-order valence-corrected chi connectivity index (χ0v) is 22.9. The molecule has 3 rings (SSSR count). The van der Waals surface area contributed by atoms with Gasteiger partial charge >= 0.3 is 0 Å². The summed E-state index contributed by atoms with van der Waals surface area (Å²) in [5.74, 6) is -0.631. The highest BCUT2D eigenvalue weighted by Gasteiger charge is 2.31. The molecule has 1 atom stereocenters. The van der Waals surface area contributed by atoms with Gasteiger partial charge in [0, 0.05) is 12.6 Å². The lowest BCUT2D eigenvalue weighted by Gasteiger charge is -2.33. The van der Waals surface area contributed by atoms with Crippen LogP contribution in [0, 0.1) is 20.8 Å². The van der Waals surface area contributed by atoms with Crippen molar-refractivity contribution < 1.29 is 18.0 Å². The molecular formula is C28H39N3O4S. The molecule has 1 saturated carbocycles. The summed E-state index contributed by atoms with van der Waals surface area (Å²) in [6, 6.07) is 12.7. The molecule has 7 nitrogen and oxygen atoms in total. The number of benzene rings is 2. The van der Waals surface area contributed by atoms with Gasteiger partial charge < -0.3 is 10.2 Å². The van der Waals surface area contributed by atoms with Crippen molar-refractivity contribution in [3.63, 3.8) is 0 Å². The average Bonchev–Trinajstić information content (AvgIpc) is 2.83. The SMILES string of the molecule is Cc1ccc(CN(C(=O)CN(c2cc(C)ccc2C)S(C)(=O)=O)[C@@H](C)C(=O)NC2CCCCC2)cc1. The number of nitrogens with zero attached hydrogens (tertiary/aromatic N) is 2. The number of hydrogen-bond acceptors (Lipinski definition) is 4. The van der Waals surface area contributed by atoms with Crippen molar-refractivity contribution in [2.75, 3.05) is 17.1 Å². The Labute approximate surface area is 215 Å². The minimum absolute atomic E-state index is 0.118. The molecule has 0 saturated heterocycles. The van der Waals surface area contributed by atoms with E-state index < -0.39 is 22.0 Å². The van der Waals surface area contributed by atoms with E-state index in [2.05, 4.69) is 5.32 Å². The smallest absolute Gasteiger partial charge is 0.244 e. The summed E-state index contributed by atoms with van der Waals surface area (Å²) in [7, 11) is -3.75. The third-order valence-corrected chi connectivity index (χ3v) is 8.03. The molecule has 0 bridgehead atoms. The van der Waals surface area contributed by atoms with Crippen molar-refractivity contribution in [1.82, 2.24) is 10.2 Å². The van der Waals surface area contributed by atoms with Crippen LogP contribution in [0.15, 0.2) is 42.5 Å². The Morgan fingerprint density at radius 3 is 2.19 bits per heavy atom. The average molecular weight is 514 g/mol. The highest BCUT2D eigenvalue weighted by molar-refractivity contribution is 7.92. The van der Waals surface area contributed by atoms with Crippen LogP contribution in [0.2, 0.25) is 0 Å². The molecule has 0 aliphatic heterocycles. The van der Waals surface area contributed by atoms with Crippen molar-refractivity contribution in [2.45, 2.75) is 78.4 Å². The molecule has 2 aromatic rings. The monoisotopic (exact) mass is 513 g/mol. The third kappa shape index (κ3) is 7.32. The maximum atomic E-state index is 13.7. The van der Waals surface area contributed by atoms with E-state index in [0.717, 1.165) is 58.5 Å². The molecular weight excluding hydrogens is 474 g/mol. The molecule has 0 heterocycles.